The molecule has 0 atom stereocenters. The van der Waals surface area contributed by atoms with E-state index >= 15 is 0 Å². The van der Waals surface area contributed by atoms with Crippen LogP contribution in [-0.4, -0.2) is 11.7 Å². The number of aliphatic hydroxyl groups is 1. The van der Waals surface area contributed by atoms with E-state index in [-0.39, 0.29) is 6.61 Å². The molecule has 94 valence electrons. The van der Waals surface area contributed by atoms with Gasteiger partial charge < -0.3 is 9.84 Å². The molecule has 0 heterocycles. The molecule has 0 bridgehead atoms. The predicted octanol–water partition coefficient (Wildman–Crippen LogP) is 3.96. The van der Waals surface area contributed by atoms with Crippen LogP contribution in [0.1, 0.15) is 31.2 Å². The largest absolute Gasteiger partial charge is 0.492 e. The fourth-order valence-electron chi connectivity index (χ4n) is 1.51. The van der Waals surface area contributed by atoms with E-state index in [9.17, 15) is 0 Å². The quantitative estimate of drug-likeness (QED) is 0.562. The molecule has 0 unspecified atom stereocenters. The van der Waals surface area contributed by atoms with Crippen molar-refractivity contribution in [2.75, 3.05) is 6.61 Å². The van der Waals surface area contributed by atoms with Crippen LogP contribution in [0.3, 0.4) is 0 Å². The molecule has 1 aromatic carbocycles. The average Bonchev–Trinajstić information content (AvgIpc) is 2.35. The number of ether oxygens (including phenoxy) is 1. The molecule has 0 fully saturated rings. The van der Waals surface area contributed by atoms with Gasteiger partial charge in [-0.15, -0.1) is 6.58 Å². The van der Waals surface area contributed by atoms with Crippen LogP contribution in [0, 0.1) is 0 Å². The van der Waals surface area contributed by atoms with Gasteiger partial charge in [0.05, 0.1) is 18.2 Å². The molecule has 1 N–H and O–H groups in total. The summed E-state index contributed by atoms with van der Waals surface area (Å²) < 4.78 is 5.58. The molecule has 3 heteroatoms. The number of benzene rings is 1. The zero-order valence-electron chi connectivity index (χ0n) is 9.99. The van der Waals surface area contributed by atoms with E-state index in [1.54, 1.807) is 12.1 Å². The first-order chi connectivity index (χ1) is 8.27. The highest BCUT2D eigenvalue weighted by Crippen LogP contribution is 2.25. The van der Waals surface area contributed by atoms with Gasteiger partial charge in [0.25, 0.3) is 0 Å². The summed E-state index contributed by atoms with van der Waals surface area (Å²) in [5.74, 6) is 0.688. The summed E-state index contributed by atoms with van der Waals surface area (Å²) in [7, 11) is 0. The maximum absolute atomic E-state index is 8.94. The summed E-state index contributed by atoms with van der Waals surface area (Å²) in [4.78, 5) is 0. The van der Waals surface area contributed by atoms with Crippen LogP contribution in [0.2, 0.25) is 5.02 Å². The van der Waals surface area contributed by atoms with Crippen molar-refractivity contribution in [2.24, 2.45) is 0 Å². The molecule has 0 aliphatic heterocycles. The Balaban J connectivity index is 2.29. The third-order valence-electron chi connectivity index (χ3n) is 2.49. The minimum absolute atomic E-state index is 0.00154. The Kier molecular flexibility index (Phi) is 6.75. The van der Waals surface area contributed by atoms with Crippen molar-refractivity contribution in [3.63, 3.8) is 0 Å². The van der Waals surface area contributed by atoms with E-state index in [1.165, 1.54) is 0 Å². The molecule has 1 rings (SSSR count). The van der Waals surface area contributed by atoms with E-state index in [0.29, 0.717) is 17.4 Å². The average molecular weight is 255 g/mol. The van der Waals surface area contributed by atoms with E-state index in [1.807, 2.05) is 12.1 Å². The second-order valence-electron chi connectivity index (χ2n) is 3.91. The van der Waals surface area contributed by atoms with Crippen molar-refractivity contribution in [1.29, 1.82) is 0 Å². The molecule has 0 aromatic heterocycles. The topological polar surface area (TPSA) is 29.5 Å². The number of aliphatic hydroxyl groups excluding tert-OH is 1. The van der Waals surface area contributed by atoms with Crippen LogP contribution in [0.5, 0.6) is 5.75 Å². The smallest absolute Gasteiger partial charge is 0.137 e. The van der Waals surface area contributed by atoms with E-state index in [2.05, 4.69) is 6.58 Å². The van der Waals surface area contributed by atoms with Gasteiger partial charge in [0.2, 0.25) is 0 Å². The van der Waals surface area contributed by atoms with Gasteiger partial charge in [-0.2, -0.15) is 0 Å². The number of hydrogen-bond acceptors (Lipinski definition) is 2. The molecule has 1 aromatic rings. The summed E-state index contributed by atoms with van der Waals surface area (Å²) in [6.07, 6.45) is 6.31. The molecule has 2 nitrogen and oxygen atoms in total. The number of halogens is 1. The van der Waals surface area contributed by atoms with Crippen molar-refractivity contribution in [2.45, 2.75) is 32.3 Å². The summed E-state index contributed by atoms with van der Waals surface area (Å²) in [5, 5.41) is 9.50. The third-order valence-corrected chi connectivity index (χ3v) is 2.78. The minimum atomic E-state index is 0.00154. The lowest BCUT2D eigenvalue weighted by Crippen LogP contribution is -1.98. The molecule has 17 heavy (non-hydrogen) atoms. The molecule has 0 amide bonds. The van der Waals surface area contributed by atoms with Crippen molar-refractivity contribution in [1.82, 2.24) is 0 Å². The SMILES string of the molecule is C=CCCCCCOc1ccc(CO)cc1Cl. The maximum atomic E-state index is 8.94. The highest BCUT2D eigenvalue weighted by atomic mass is 35.5. The van der Waals surface area contributed by atoms with E-state index in [4.69, 9.17) is 21.4 Å². The predicted molar refractivity (Wildman–Crippen MR) is 71.5 cm³/mol. The lowest BCUT2D eigenvalue weighted by atomic mass is 10.2. The highest BCUT2D eigenvalue weighted by molar-refractivity contribution is 6.32. The van der Waals surface area contributed by atoms with Gasteiger partial charge in [-0.25, -0.2) is 0 Å². The molecule has 0 saturated heterocycles. The number of hydrogen-bond donors (Lipinski definition) is 1. The number of unbranched alkanes of at least 4 members (excludes halogenated alkanes) is 3. The molecular weight excluding hydrogens is 236 g/mol. The van der Waals surface area contributed by atoms with Crippen molar-refractivity contribution >= 4 is 11.6 Å². The van der Waals surface area contributed by atoms with Crippen LogP contribution in [-0.2, 0) is 6.61 Å². The van der Waals surface area contributed by atoms with Crippen molar-refractivity contribution < 1.29 is 9.84 Å². The molecule has 0 spiro atoms. The maximum Gasteiger partial charge on any atom is 0.137 e. The normalized spacial score (nSPS) is 10.2. The summed E-state index contributed by atoms with van der Waals surface area (Å²) in [6.45, 7) is 4.36. The lowest BCUT2D eigenvalue weighted by Gasteiger charge is -2.08. The first-order valence-electron chi connectivity index (χ1n) is 5.91. The Bertz CT molecular complexity index is 350. The Hall–Kier alpha value is -0.990. The van der Waals surface area contributed by atoms with Gasteiger partial charge >= 0.3 is 0 Å². The van der Waals surface area contributed by atoms with Gasteiger partial charge in [0, 0.05) is 0 Å². The third kappa shape index (κ3) is 5.24. The zero-order valence-corrected chi connectivity index (χ0v) is 10.7. The van der Waals surface area contributed by atoms with Gasteiger partial charge in [-0.05, 0) is 43.4 Å². The van der Waals surface area contributed by atoms with Gasteiger partial charge in [-0.3, -0.25) is 0 Å². The van der Waals surface area contributed by atoms with Crippen LogP contribution in [0.4, 0.5) is 0 Å². The molecule has 0 aliphatic rings. The Morgan fingerprint density at radius 3 is 2.76 bits per heavy atom. The van der Waals surface area contributed by atoms with Crippen molar-refractivity contribution in [3.8, 4) is 5.75 Å². The van der Waals surface area contributed by atoms with Crippen LogP contribution < -0.4 is 4.74 Å². The Morgan fingerprint density at radius 1 is 1.29 bits per heavy atom. The van der Waals surface area contributed by atoms with E-state index in [0.717, 1.165) is 31.2 Å². The molecule has 0 saturated carbocycles. The monoisotopic (exact) mass is 254 g/mol. The second-order valence-corrected chi connectivity index (χ2v) is 4.32. The summed E-state index contributed by atoms with van der Waals surface area (Å²) in [5.41, 5.74) is 0.799. The van der Waals surface area contributed by atoms with Crippen molar-refractivity contribution in [3.05, 3.63) is 41.4 Å². The molecule has 0 aliphatic carbocycles. The van der Waals surface area contributed by atoms with Crippen LogP contribution in [0.25, 0.3) is 0 Å². The van der Waals surface area contributed by atoms with Gasteiger partial charge in [0.1, 0.15) is 5.75 Å². The minimum Gasteiger partial charge on any atom is -0.492 e. The zero-order chi connectivity index (χ0) is 12.5. The lowest BCUT2D eigenvalue weighted by molar-refractivity contribution is 0.281. The highest BCUT2D eigenvalue weighted by Gasteiger charge is 2.02. The fraction of sp³-hybridized carbons (Fsp3) is 0.429. The fourth-order valence-corrected chi connectivity index (χ4v) is 1.77. The van der Waals surface area contributed by atoms with E-state index < -0.39 is 0 Å². The Morgan fingerprint density at radius 2 is 2.12 bits per heavy atom. The standard InChI is InChI=1S/C14H19ClO2/c1-2-3-4-5-6-9-17-14-8-7-12(11-16)10-13(14)15/h2,7-8,10,16H,1,3-6,9,11H2. The second kappa shape index (κ2) is 8.15. The first kappa shape index (κ1) is 14.1. The van der Waals surface area contributed by atoms with Crippen LogP contribution >= 0.6 is 11.6 Å². The van der Waals surface area contributed by atoms with Crippen LogP contribution in [0.15, 0.2) is 30.9 Å². The Labute approximate surface area is 108 Å². The molecule has 0 radical (unpaired) electrons. The van der Waals surface area contributed by atoms with Gasteiger partial charge in [-0.1, -0.05) is 23.7 Å². The first-order valence-corrected chi connectivity index (χ1v) is 6.28. The van der Waals surface area contributed by atoms with Gasteiger partial charge in [0.15, 0.2) is 0 Å². The summed E-state index contributed by atoms with van der Waals surface area (Å²) in [6, 6.07) is 5.35. The summed E-state index contributed by atoms with van der Waals surface area (Å²) >= 11 is 6.02. The number of rotatable bonds is 8. The molecular formula is C14H19ClO2. The number of allylic oxidation sites excluding steroid dienone is 1.